The van der Waals surface area contributed by atoms with E-state index >= 15 is 0 Å². The number of H-pyrrole nitrogens is 1. The predicted octanol–water partition coefficient (Wildman–Crippen LogP) is 0.792. The minimum absolute atomic E-state index is 0.0977. The minimum atomic E-state index is -0.477. The van der Waals surface area contributed by atoms with E-state index < -0.39 is 6.04 Å². The van der Waals surface area contributed by atoms with Crippen molar-refractivity contribution < 1.29 is 18.7 Å². The number of carbonyl (C=O) groups excluding carboxylic acids is 1. The minimum Gasteiger partial charge on any atom is -0.378 e. The lowest BCUT2D eigenvalue weighted by atomic mass is 10.0. The SMILES string of the molecule is COCC(=O)N[C@H](Cc1cc(=O)[nH]c(N2CCOCC2)n1)c1ccc(F)cc1. The van der Waals surface area contributed by atoms with Crippen molar-refractivity contribution in [2.75, 3.05) is 44.9 Å². The zero-order chi connectivity index (χ0) is 19.9. The molecule has 0 bridgehead atoms. The van der Waals surface area contributed by atoms with Crippen molar-refractivity contribution in [1.29, 1.82) is 0 Å². The molecule has 150 valence electrons. The topological polar surface area (TPSA) is 96.5 Å². The fourth-order valence-electron chi connectivity index (χ4n) is 3.05. The first-order valence-corrected chi connectivity index (χ1v) is 9.02. The molecule has 3 rings (SSSR count). The van der Waals surface area contributed by atoms with Crippen LogP contribution >= 0.6 is 0 Å². The van der Waals surface area contributed by atoms with Crippen molar-refractivity contribution in [2.45, 2.75) is 12.5 Å². The normalized spacial score (nSPS) is 15.3. The molecule has 1 saturated heterocycles. The number of morpholine rings is 1. The molecule has 0 unspecified atom stereocenters. The third kappa shape index (κ3) is 5.37. The van der Waals surface area contributed by atoms with Crippen molar-refractivity contribution in [3.8, 4) is 0 Å². The van der Waals surface area contributed by atoms with Crippen molar-refractivity contribution in [1.82, 2.24) is 15.3 Å². The van der Waals surface area contributed by atoms with Gasteiger partial charge in [0.2, 0.25) is 11.9 Å². The molecule has 28 heavy (non-hydrogen) atoms. The molecule has 0 radical (unpaired) electrons. The van der Waals surface area contributed by atoms with Gasteiger partial charge in [-0.25, -0.2) is 9.37 Å². The summed E-state index contributed by atoms with van der Waals surface area (Å²) in [6, 6.07) is 6.79. The Morgan fingerprint density at radius 1 is 1.36 bits per heavy atom. The van der Waals surface area contributed by atoms with Crippen LogP contribution in [0.5, 0.6) is 0 Å². The Balaban J connectivity index is 1.84. The van der Waals surface area contributed by atoms with Crippen LogP contribution in [0.1, 0.15) is 17.3 Å². The lowest BCUT2D eigenvalue weighted by molar-refractivity contribution is -0.125. The van der Waals surface area contributed by atoms with E-state index in [0.717, 1.165) is 0 Å². The number of nitrogens with one attached hydrogen (secondary N) is 2. The maximum atomic E-state index is 13.3. The number of carbonyl (C=O) groups is 1. The maximum absolute atomic E-state index is 13.3. The number of amides is 1. The van der Waals surface area contributed by atoms with Crippen LogP contribution in [0.15, 0.2) is 35.1 Å². The Labute approximate surface area is 161 Å². The molecule has 1 aromatic carbocycles. The van der Waals surface area contributed by atoms with Gasteiger partial charge in [0, 0.05) is 32.7 Å². The first-order chi connectivity index (χ1) is 13.5. The molecular formula is C19H23FN4O4. The monoisotopic (exact) mass is 390 g/mol. The van der Waals surface area contributed by atoms with Crippen molar-refractivity contribution in [2.24, 2.45) is 0 Å². The number of halogens is 1. The van der Waals surface area contributed by atoms with E-state index in [2.05, 4.69) is 15.3 Å². The summed E-state index contributed by atoms with van der Waals surface area (Å²) in [6.45, 7) is 2.31. The zero-order valence-electron chi connectivity index (χ0n) is 15.6. The number of aromatic nitrogens is 2. The number of hydrogen-bond acceptors (Lipinski definition) is 6. The fourth-order valence-corrected chi connectivity index (χ4v) is 3.05. The van der Waals surface area contributed by atoms with Gasteiger partial charge in [-0.05, 0) is 17.7 Å². The second-order valence-corrected chi connectivity index (χ2v) is 6.47. The summed E-state index contributed by atoms with van der Waals surface area (Å²) in [4.78, 5) is 33.4. The number of nitrogens with zero attached hydrogens (tertiary/aromatic N) is 2. The van der Waals surface area contributed by atoms with Crippen LogP contribution in [0, 0.1) is 5.82 Å². The van der Waals surface area contributed by atoms with Crippen molar-refractivity contribution >= 4 is 11.9 Å². The van der Waals surface area contributed by atoms with E-state index in [4.69, 9.17) is 9.47 Å². The Morgan fingerprint density at radius 2 is 2.07 bits per heavy atom. The van der Waals surface area contributed by atoms with Gasteiger partial charge < -0.3 is 19.7 Å². The van der Waals surface area contributed by atoms with Gasteiger partial charge in [0.25, 0.3) is 5.56 Å². The smallest absolute Gasteiger partial charge is 0.252 e. The average Bonchev–Trinajstić information content (AvgIpc) is 2.68. The highest BCUT2D eigenvalue weighted by atomic mass is 19.1. The molecule has 2 aromatic rings. The Bertz CT molecular complexity index is 850. The Kier molecular flexibility index (Phi) is 6.72. The highest BCUT2D eigenvalue weighted by molar-refractivity contribution is 5.77. The largest absolute Gasteiger partial charge is 0.378 e. The maximum Gasteiger partial charge on any atom is 0.252 e. The molecule has 2 N–H and O–H groups in total. The van der Waals surface area contributed by atoms with Gasteiger partial charge in [0.05, 0.1) is 24.9 Å². The standard InChI is InChI=1S/C19H23FN4O4/c1-27-12-18(26)22-16(13-2-4-14(20)5-3-13)10-15-11-17(25)23-19(21-15)24-6-8-28-9-7-24/h2-5,11,16H,6-10,12H2,1H3,(H,22,26)(H,21,23,25)/t16-/m1/s1. The summed E-state index contributed by atoms with van der Waals surface area (Å²) < 4.78 is 23.5. The number of anilines is 1. The molecule has 0 spiro atoms. The van der Waals surface area contributed by atoms with Gasteiger partial charge >= 0.3 is 0 Å². The van der Waals surface area contributed by atoms with Crippen LogP contribution in [0.3, 0.4) is 0 Å². The molecule has 1 aliphatic rings. The number of ether oxygens (including phenoxy) is 2. The van der Waals surface area contributed by atoms with E-state index in [1.807, 2.05) is 4.90 Å². The number of methoxy groups -OCH3 is 1. The van der Waals surface area contributed by atoms with Gasteiger partial charge in [-0.15, -0.1) is 0 Å². The first-order valence-electron chi connectivity index (χ1n) is 9.02. The summed E-state index contributed by atoms with van der Waals surface area (Å²) in [5.74, 6) is -0.198. The molecule has 1 atom stereocenters. The van der Waals surface area contributed by atoms with Gasteiger partial charge in [-0.2, -0.15) is 0 Å². The molecule has 1 aliphatic heterocycles. The van der Waals surface area contributed by atoms with E-state index in [9.17, 15) is 14.0 Å². The summed E-state index contributed by atoms with van der Waals surface area (Å²) in [5, 5.41) is 2.85. The summed E-state index contributed by atoms with van der Waals surface area (Å²) in [6.07, 6.45) is 0.280. The van der Waals surface area contributed by atoms with E-state index in [1.54, 1.807) is 12.1 Å². The molecular weight excluding hydrogens is 367 g/mol. The second kappa shape index (κ2) is 9.43. The lowest BCUT2D eigenvalue weighted by Gasteiger charge is -2.27. The zero-order valence-corrected chi connectivity index (χ0v) is 15.6. The van der Waals surface area contributed by atoms with Crippen molar-refractivity contribution in [3.63, 3.8) is 0 Å². The van der Waals surface area contributed by atoms with E-state index in [0.29, 0.717) is 43.5 Å². The average molecular weight is 390 g/mol. The first kappa shape index (κ1) is 20.0. The highest BCUT2D eigenvalue weighted by Crippen LogP contribution is 2.19. The Hall–Kier alpha value is -2.78. The number of aromatic amines is 1. The van der Waals surface area contributed by atoms with E-state index in [-0.39, 0.29) is 30.3 Å². The second-order valence-electron chi connectivity index (χ2n) is 6.47. The van der Waals surface area contributed by atoms with Gasteiger partial charge in [-0.3, -0.25) is 14.6 Å². The fraction of sp³-hybridized carbons (Fsp3) is 0.421. The predicted molar refractivity (Wildman–Crippen MR) is 101 cm³/mol. The molecule has 2 heterocycles. The van der Waals surface area contributed by atoms with Crippen molar-refractivity contribution in [3.05, 3.63) is 57.8 Å². The summed E-state index contributed by atoms with van der Waals surface area (Å²) in [5.41, 5.74) is 0.964. The highest BCUT2D eigenvalue weighted by Gasteiger charge is 2.19. The molecule has 1 aromatic heterocycles. The van der Waals surface area contributed by atoms with Crippen LogP contribution in [0.2, 0.25) is 0 Å². The van der Waals surface area contributed by atoms with Gasteiger partial charge in [-0.1, -0.05) is 12.1 Å². The molecule has 1 fully saturated rings. The van der Waals surface area contributed by atoms with Crippen LogP contribution in [-0.2, 0) is 20.7 Å². The van der Waals surface area contributed by atoms with Gasteiger partial charge in [0.15, 0.2) is 0 Å². The summed E-state index contributed by atoms with van der Waals surface area (Å²) in [7, 11) is 1.43. The van der Waals surface area contributed by atoms with Crippen LogP contribution in [0.4, 0.5) is 10.3 Å². The number of rotatable bonds is 7. The number of hydrogen-bond donors (Lipinski definition) is 2. The lowest BCUT2D eigenvalue weighted by Crippen LogP contribution is -2.38. The van der Waals surface area contributed by atoms with Gasteiger partial charge in [0.1, 0.15) is 12.4 Å². The third-order valence-corrected chi connectivity index (χ3v) is 4.39. The molecule has 1 amide bonds. The quantitative estimate of drug-likeness (QED) is 0.726. The molecule has 0 aliphatic carbocycles. The molecule has 0 saturated carbocycles. The van der Waals surface area contributed by atoms with Crippen LogP contribution in [0.25, 0.3) is 0 Å². The Morgan fingerprint density at radius 3 is 2.75 bits per heavy atom. The van der Waals surface area contributed by atoms with E-state index in [1.165, 1.54) is 25.3 Å². The van der Waals surface area contributed by atoms with Crippen LogP contribution < -0.4 is 15.8 Å². The third-order valence-electron chi connectivity index (χ3n) is 4.39. The van der Waals surface area contributed by atoms with Crippen LogP contribution in [-0.4, -0.2) is 55.9 Å². The summed E-state index contributed by atoms with van der Waals surface area (Å²) >= 11 is 0. The molecule has 9 heteroatoms. The molecule has 8 nitrogen and oxygen atoms in total. The number of benzene rings is 1.